The summed E-state index contributed by atoms with van der Waals surface area (Å²) in [6.45, 7) is 0.195. The highest BCUT2D eigenvalue weighted by molar-refractivity contribution is 7.98. The second-order valence-corrected chi connectivity index (χ2v) is 5.09. The van der Waals surface area contributed by atoms with Gasteiger partial charge < -0.3 is 10.5 Å². The summed E-state index contributed by atoms with van der Waals surface area (Å²) in [5.41, 5.74) is 5.58. The standard InChI is InChI=1S/C15H14F3NOS/c1-21-14-8-4-7-12(10(14)9-19)20-13-6-3-2-5-11(13)15(16,17)18/h2-8H,9,19H2,1H3. The van der Waals surface area contributed by atoms with Gasteiger partial charge in [-0.25, -0.2) is 0 Å². The lowest BCUT2D eigenvalue weighted by Crippen LogP contribution is -2.08. The SMILES string of the molecule is CSc1cccc(Oc2ccccc2C(F)(F)F)c1CN. The molecule has 112 valence electrons. The number of ether oxygens (including phenoxy) is 1. The van der Waals surface area contributed by atoms with Crippen molar-refractivity contribution >= 4 is 11.8 Å². The first kappa shape index (κ1) is 15.7. The van der Waals surface area contributed by atoms with Gasteiger partial charge in [-0.05, 0) is 30.5 Å². The molecule has 2 N–H and O–H groups in total. The van der Waals surface area contributed by atoms with Crippen LogP contribution >= 0.6 is 11.8 Å². The van der Waals surface area contributed by atoms with Gasteiger partial charge in [0.15, 0.2) is 0 Å². The first-order valence-corrected chi connectivity index (χ1v) is 7.40. The summed E-state index contributed by atoms with van der Waals surface area (Å²) in [6, 6.07) is 10.3. The molecule has 2 aromatic rings. The van der Waals surface area contributed by atoms with Crippen LogP contribution in [0.2, 0.25) is 0 Å². The number of nitrogens with two attached hydrogens (primary N) is 1. The summed E-state index contributed by atoms with van der Waals surface area (Å²) in [4.78, 5) is 0.888. The van der Waals surface area contributed by atoms with Crippen molar-refractivity contribution in [2.24, 2.45) is 5.73 Å². The number of hydrogen-bond donors (Lipinski definition) is 1. The Labute approximate surface area is 125 Å². The second-order valence-electron chi connectivity index (χ2n) is 4.24. The van der Waals surface area contributed by atoms with Crippen molar-refractivity contribution in [3.05, 3.63) is 53.6 Å². The molecular formula is C15H14F3NOS. The van der Waals surface area contributed by atoms with Gasteiger partial charge in [0.25, 0.3) is 0 Å². The molecule has 6 heteroatoms. The molecule has 0 atom stereocenters. The lowest BCUT2D eigenvalue weighted by Gasteiger charge is -2.16. The second kappa shape index (κ2) is 6.41. The molecular weight excluding hydrogens is 299 g/mol. The van der Waals surface area contributed by atoms with Crippen molar-refractivity contribution in [2.75, 3.05) is 6.26 Å². The maximum atomic E-state index is 13.0. The van der Waals surface area contributed by atoms with Crippen molar-refractivity contribution in [1.29, 1.82) is 0 Å². The lowest BCUT2D eigenvalue weighted by molar-refractivity contribution is -0.138. The molecule has 0 amide bonds. The lowest BCUT2D eigenvalue weighted by atomic mass is 10.1. The van der Waals surface area contributed by atoms with E-state index in [2.05, 4.69) is 0 Å². The molecule has 2 rings (SSSR count). The first-order chi connectivity index (χ1) is 9.97. The zero-order valence-corrected chi connectivity index (χ0v) is 12.1. The summed E-state index contributed by atoms with van der Waals surface area (Å²) < 4.78 is 44.4. The van der Waals surface area contributed by atoms with E-state index in [4.69, 9.17) is 10.5 Å². The number of rotatable bonds is 4. The number of para-hydroxylation sites is 1. The Morgan fingerprint density at radius 1 is 1.05 bits per heavy atom. The molecule has 0 aliphatic carbocycles. The van der Waals surface area contributed by atoms with Crippen molar-refractivity contribution in [3.63, 3.8) is 0 Å². The molecule has 0 spiro atoms. The zero-order chi connectivity index (χ0) is 15.5. The molecule has 2 nitrogen and oxygen atoms in total. The van der Waals surface area contributed by atoms with Crippen LogP contribution in [0.5, 0.6) is 11.5 Å². The molecule has 0 saturated heterocycles. The van der Waals surface area contributed by atoms with Gasteiger partial charge in [0.1, 0.15) is 11.5 Å². The van der Waals surface area contributed by atoms with Crippen LogP contribution in [0.25, 0.3) is 0 Å². The summed E-state index contributed by atoms with van der Waals surface area (Å²) >= 11 is 1.47. The summed E-state index contributed by atoms with van der Waals surface area (Å²) in [5, 5.41) is 0. The van der Waals surface area contributed by atoms with E-state index >= 15 is 0 Å². The zero-order valence-electron chi connectivity index (χ0n) is 11.3. The minimum atomic E-state index is -4.46. The van der Waals surface area contributed by atoms with Gasteiger partial charge in [0, 0.05) is 17.0 Å². The van der Waals surface area contributed by atoms with E-state index in [0.717, 1.165) is 11.0 Å². The van der Waals surface area contributed by atoms with Gasteiger partial charge in [-0.3, -0.25) is 0 Å². The molecule has 0 aromatic heterocycles. The van der Waals surface area contributed by atoms with E-state index in [0.29, 0.717) is 11.3 Å². The molecule has 0 unspecified atom stereocenters. The summed E-state index contributed by atoms with van der Waals surface area (Å²) in [5.74, 6) is 0.124. The third-order valence-electron chi connectivity index (χ3n) is 2.93. The van der Waals surface area contributed by atoms with Crippen LogP contribution < -0.4 is 10.5 Å². The largest absolute Gasteiger partial charge is 0.456 e. The van der Waals surface area contributed by atoms with E-state index < -0.39 is 11.7 Å². The Morgan fingerprint density at radius 2 is 1.71 bits per heavy atom. The van der Waals surface area contributed by atoms with Crippen LogP contribution in [0.4, 0.5) is 13.2 Å². The van der Waals surface area contributed by atoms with Crippen LogP contribution in [-0.4, -0.2) is 6.26 Å². The molecule has 2 aromatic carbocycles. The van der Waals surface area contributed by atoms with Crippen LogP contribution in [0.3, 0.4) is 0 Å². The van der Waals surface area contributed by atoms with Gasteiger partial charge in [-0.1, -0.05) is 18.2 Å². The highest BCUT2D eigenvalue weighted by Gasteiger charge is 2.34. The van der Waals surface area contributed by atoms with Gasteiger partial charge in [0.05, 0.1) is 5.56 Å². The Morgan fingerprint density at radius 3 is 2.33 bits per heavy atom. The van der Waals surface area contributed by atoms with Crippen LogP contribution in [-0.2, 0) is 12.7 Å². The quantitative estimate of drug-likeness (QED) is 0.833. The average Bonchev–Trinajstić information content (AvgIpc) is 2.46. The van der Waals surface area contributed by atoms with Crippen molar-refractivity contribution in [1.82, 2.24) is 0 Å². The smallest absolute Gasteiger partial charge is 0.419 e. The predicted octanol–water partition coefficient (Wildman–Crippen LogP) is 4.68. The number of hydrogen-bond acceptors (Lipinski definition) is 3. The molecule has 0 radical (unpaired) electrons. The van der Waals surface area contributed by atoms with Crippen LogP contribution in [0.15, 0.2) is 47.4 Å². The molecule has 21 heavy (non-hydrogen) atoms. The van der Waals surface area contributed by atoms with E-state index in [9.17, 15) is 13.2 Å². The molecule has 0 fully saturated rings. The fourth-order valence-electron chi connectivity index (χ4n) is 1.94. The normalized spacial score (nSPS) is 11.5. The third kappa shape index (κ3) is 3.51. The fraction of sp³-hybridized carbons (Fsp3) is 0.200. The van der Waals surface area contributed by atoms with Gasteiger partial charge in [0.2, 0.25) is 0 Å². The van der Waals surface area contributed by atoms with Crippen LogP contribution in [0.1, 0.15) is 11.1 Å². The van der Waals surface area contributed by atoms with Gasteiger partial charge >= 0.3 is 6.18 Å². The monoisotopic (exact) mass is 313 g/mol. The molecule has 0 bridgehead atoms. The van der Waals surface area contributed by atoms with Crippen LogP contribution in [0, 0.1) is 0 Å². The number of alkyl halides is 3. The molecule has 0 heterocycles. The van der Waals surface area contributed by atoms with E-state index in [-0.39, 0.29) is 12.3 Å². The number of halogens is 3. The molecule has 0 saturated carbocycles. The average molecular weight is 313 g/mol. The minimum Gasteiger partial charge on any atom is -0.456 e. The van der Waals surface area contributed by atoms with Crippen molar-refractivity contribution in [3.8, 4) is 11.5 Å². The predicted molar refractivity (Wildman–Crippen MR) is 77.6 cm³/mol. The van der Waals surface area contributed by atoms with E-state index in [1.165, 1.54) is 30.0 Å². The minimum absolute atomic E-state index is 0.195. The highest BCUT2D eigenvalue weighted by atomic mass is 32.2. The van der Waals surface area contributed by atoms with Crippen molar-refractivity contribution in [2.45, 2.75) is 17.6 Å². The van der Waals surface area contributed by atoms with E-state index in [1.54, 1.807) is 12.1 Å². The highest BCUT2D eigenvalue weighted by Crippen LogP contribution is 2.39. The summed E-state index contributed by atoms with van der Waals surface area (Å²) in [6.07, 6.45) is -2.58. The molecule has 0 aliphatic heterocycles. The van der Waals surface area contributed by atoms with Gasteiger partial charge in [-0.2, -0.15) is 13.2 Å². The maximum absolute atomic E-state index is 13.0. The molecule has 0 aliphatic rings. The topological polar surface area (TPSA) is 35.2 Å². The number of thioether (sulfide) groups is 1. The Balaban J connectivity index is 2.44. The Kier molecular flexibility index (Phi) is 4.80. The summed E-state index contributed by atoms with van der Waals surface area (Å²) in [7, 11) is 0. The van der Waals surface area contributed by atoms with Crippen molar-refractivity contribution < 1.29 is 17.9 Å². The first-order valence-electron chi connectivity index (χ1n) is 6.17. The Bertz CT molecular complexity index is 629. The fourth-order valence-corrected chi connectivity index (χ4v) is 2.59. The maximum Gasteiger partial charge on any atom is 0.419 e. The van der Waals surface area contributed by atoms with E-state index in [1.807, 2.05) is 12.3 Å². The third-order valence-corrected chi connectivity index (χ3v) is 3.75. The number of benzene rings is 2. The van der Waals surface area contributed by atoms with Gasteiger partial charge in [-0.15, -0.1) is 11.8 Å². The Hall–Kier alpha value is -1.66.